The molecule has 9 nitrogen and oxygen atoms in total. The van der Waals surface area contributed by atoms with Gasteiger partial charge in [0.1, 0.15) is 16.6 Å². The summed E-state index contributed by atoms with van der Waals surface area (Å²) in [6, 6.07) is 2.04. The molecule has 0 aromatic heterocycles. The first-order valence-electron chi connectivity index (χ1n) is 5.49. The van der Waals surface area contributed by atoms with Crippen LogP contribution >= 0.6 is 11.6 Å². The molecule has 0 aliphatic heterocycles. The summed E-state index contributed by atoms with van der Waals surface area (Å²) in [7, 11) is 0. The molecule has 1 unspecified atom stereocenters. The number of hydrogen-bond acceptors (Lipinski definition) is 5. The van der Waals surface area contributed by atoms with Gasteiger partial charge in [0.15, 0.2) is 0 Å². The van der Waals surface area contributed by atoms with Gasteiger partial charge in [-0.15, -0.1) is 0 Å². The topological polar surface area (TPSA) is 153 Å². The van der Waals surface area contributed by atoms with Crippen LogP contribution in [0, 0.1) is 10.1 Å². The van der Waals surface area contributed by atoms with E-state index in [1.165, 1.54) is 12.1 Å². The second-order valence-electron chi connectivity index (χ2n) is 3.93. The maximum absolute atomic E-state index is 11.9. The molecule has 0 spiro atoms. The molecule has 0 aliphatic rings. The summed E-state index contributed by atoms with van der Waals surface area (Å²) in [5, 5.41) is 21.5. The number of nitro benzene ring substituents is 1. The van der Waals surface area contributed by atoms with Gasteiger partial charge in [0, 0.05) is 0 Å². The van der Waals surface area contributed by atoms with Crippen molar-refractivity contribution in [2.24, 2.45) is 5.73 Å². The smallest absolute Gasteiger partial charge is 0.326 e. The SMILES string of the molecule is NC(=O)CC(NC(=O)c1cccc(Cl)c1[N+](=O)[O-])C(=O)O. The van der Waals surface area contributed by atoms with Gasteiger partial charge in [0.25, 0.3) is 5.91 Å². The number of para-hydroxylation sites is 1. The Hall–Kier alpha value is -2.68. The molecule has 1 aromatic carbocycles. The van der Waals surface area contributed by atoms with E-state index in [9.17, 15) is 24.5 Å². The molecule has 4 N–H and O–H groups in total. The Morgan fingerprint density at radius 3 is 2.52 bits per heavy atom. The van der Waals surface area contributed by atoms with E-state index < -0.39 is 46.4 Å². The van der Waals surface area contributed by atoms with E-state index in [0.717, 1.165) is 6.07 Å². The molecule has 0 heterocycles. The van der Waals surface area contributed by atoms with Crippen molar-refractivity contribution in [2.75, 3.05) is 0 Å². The zero-order valence-corrected chi connectivity index (χ0v) is 11.2. The lowest BCUT2D eigenvalue weighted by atomic mass is 10.1. The van der Waals surface area contributed by atoms with Crippen LogP contribution in [0.1, 0.15) is 16.8 Å². The Labute approximate surface area is 122 Å². The largest absolute Gasteiger partial charge is 0.480 e. The van der Waals surface area contributed by atoms with Gasteiger partial charge in [0.05, 0.1) is 11.3 Å². The van der Waals surface area contributed by atoms with Crippen LogP contribution in [0.15, 0.2) is 18.2 Å². The molecule has 0 fully saturated rings. The third-order valence-electron chi connectivity index (χ3n) is 2.42. The number of carbonyl (C=O) groups is 3. The molecule has 1 atom stereocenters. The van der Waals surface area contributed by atoms with Crippen molar-refractivity contribution in [3.05, 3.63) is 38.9 Å². The highest BCUT2D eigenvalue weighted by atomic mass is 35.5. The number of hydrogen-bond donors (Lipinski definition) is 3. The summed E-state index contributed by atoms with van der Waals surface area (Å²) in [6.07, 6.45) is -0.643. The fourth-order valence-electron chi connectivity index (χ4n) is 1.52. The third kappa shape index (κ3) is 4.14. The lowest BCUT2D eigenvalue weighted by Crippen LogP contribution is -2.43. The van der Waals surface area contributed by atoms with E-state index >= 15 is 0 Å². The minimum absolute atomic E-state index is 0.269. The fourth-order valence-corrected chi connectivity index (χ4v) is 1.76. The molecule has 0 radical (unpaired) electrons. The molecule has 0 saturated heterocycles. The average molecular weight is 316 g/mol. The van der Waals surface area contributed by atoms with Crippen LogP contribution in [0.25, 0.3) is 0 Å². The first-order valence-corrected chi connectivity index (χ1v) is 5.86. The number of carboxylic acids is 1. The molecule has 21 heavy (non-hydrogen) atoms. The highest BCUT2D eigenvalue weighted by Gasteiger charge is 2.28. The van der Waals surface area contributed by atoms with Gasteiger partial charge in [-0.3, -0.25) is 19.7 Å². The molecular weight excluding hydrogens is 306 g/mol. The van der Waals surface area contributed by atoms with E-state index in [1.807, 2.05) is 5.32 Å². The third-order valence-corrected chi connectivity index (χ3v) is 2.73. The fraction of sp³-hybridized carbons (Fsp3) is 0.182. The highest BCUT2D eigenvalue weighted by Crippen LogP contribution is 2.28. The van der Waals surface area contributed by atoms with Gasteiger partial charge in [-0.1, -0.05) is 17.7 Å². The minimum Gasteiger partial charge on any atom is -0.480 e. The number of nitrogens with two attached hydrogens (primary N) is 1. The number of rotatable bonds is 6. The summed E-state index contributed by atoms with van der Waals surface area (Å²) in [5.74, 6) is -3.48. The Bertz CT molecular complexity index is 618. The molecule has 10 heteroatoms. The summed E-state index contributed by atoms with van der Waals surface area (Å²) in [5.41, 5.74) is 3.80. The predicted octanol–water partition coefficient (Wildman–Crippen LogP) is 0.307. The van der Waals surface area contributed by atoms with Crippen molar-refractivity contribution in [3.8, 4) is 0 Å². The molecule has 0 saturated carbocycles. The molecule has 1 aromatic rings. The number of carboxylic acid groups (broad SMARTS) is 1. The van der Waals surface area contributed by atoms with Crippen LogP contribution in [0.4, 0.5) is 5.69 Å². The first-order chi connectivity index (χ1) is 9.73. The minimum atomic E-state index is -1.59. The second kappa shape index (κ2) is 6.66. The quantitative estimate of drug-likeness (QED) is 0.507. The number of benzene rings is 1. The molecule has 0 aliphatic carbocycles. The highest BCUT2D eigenvalue weighted by molar-refractivity contribution is 6.33. The van der Waals surface area contributed by atoms with E-state index in [2.05, 4.69) is 0 Å². The number of aliphatic carboxylic acids is 1. The Morgan fingerprint density at radius 2 is 2.05 bits per heavy atom. The number of carbonyl (C=O) groups excluding carboxylic acids is 2. The normalized spacial score (nSPS) is 11.5. The summed E-state index contributed by atoms with van der Waals surface area (Å²) in [6.45, 7) is 0. The standard InChI is InChI=1S/C11H10ClN3O6/c12-6-3-1-2-5(9(6)15(20)21)10(17)14-7(11(18)19)4-8(13)16/h1-3,7H,4H2,(H2,13,16)(H,14,17)(H,18,19). The molecule has 112 valence electrons. The number of nitrogens with one attached hydrogen (secondary N) is 1. The van der Waals surface area contributed by atoms with Crippen molar-refractivity contribution >= 4 is 35.1 Å². The van der Waals surface area contributed by atoms with Crippen molar-refractivity contribution in [1.29, 1.82) is 0 Å². The summed E-state index contributed by atoms with van der Waals surface area (Å²) < 4.78 is 0. The number of nitro groups is 1. The van der Waals surface area contributed by atoms with E-state index in [4.69, 9.17) is 22.4 Å². The number of halogens is 1. The second-order valence-corrected chi connectivity index (χ2v) is 4.34. The summed E-state index contributed by atoms with van der Waals surface area (Å²) >= 11 is 5.64. The number of amides is 2. The molecule has 2 amide bonds. The van der Waals surface area contributed by atoms with Crippen molar-refractivity contribution < 1.29 is 24.4 Å². The van der Waals surface area contributed by atoms with Crippen LogP contribution < -0.4 is 11.1 Å². The lowest BCUT2D eigenvalue weighted by Gasteiger charge is -2.13. The van der Waals surface area contributed by atoms with Crippen LogP contribution in [0.5, 0.6) is 0 Å². The van der Waals surface area contributed by atoms with Crippen LogP contribution in [-0.4, -0.2) is 33.9 Å². The first kappa shape index (κ1) is 16.4. The monoisotopic (exact) mass is 315 g/mol. The zero-order chi connectivity index (χ0) is 16.2. The van der Waals surface area contributed by atoms with Crippen molar-refractivity contribution in [3.63, 3.8) is 0 Å². The lowest BCUT2D eigenvalue weighted by molar-refractivity contribution is -0.385. The van der Waals surface area contributed by atoms with Gasteiger partial charge < -0.3 is 16.2 Å². The molecule has 0 bridgehead atoms. The van der Waals surface area contributed by atoms with Crippen LogP contribution in [-0.2, 0) is 9.59 Å². The van der Waals surface area contributed by atoms with Gasteiger partial charge in [-0.2, -0.15) is 0 Å². The summed E-state index contributed by atoms with van der Waals surface area (Å²) in [4.78, 5) is 43.6. The molecular formula is C11H10ClN3O6. The predicted molar refractivity (Wildman–Crippen MR) is 70.8 cm³/mol. The van der Waals surface area contributed by atoms with Gasteiger partial charge in [-0.25, -0.2) is 4.79 Å². The van der Waals surface area contributed by atoms with Gasteiger partial charge >= 0.3 is 11.7 Å². The number of nitrogens with zero attached hydrogens (tertiary/aromatic N) is 1. The van der Waals surface area contributed by atoms with E-state index in [0.29, 0.717) is 0 Å². The maximum atomic E-state index is 11.9. The van der Waals surface area contributed by atoms with Crippen molar-refractivity contribution in [1.82, 2.24) is 5.32 Å². The molecule has 1 rings (SSSR count). The van der Waals surface area contributed by atoms with Gasteiger partial charge in [0.2, 0.25) is 5.91 Å². The Kier molecular flexibility index (Phi) is 5.19. The average Bonchev–Trinajstić information content (AvgIpc) is 2.36. The maximum Gasteiger partial charge on any atom is 0.326 e. The van der Waals surface area contributed by atoms with Crippen molar-refractivity contribution in [2.45, 2.75) is 12.5 Å². The zero-order valence-electron chi connectivity index (χ0n) is 10.4. The van der Waals surface area contributed by atoms with E-state index in [1.54, 1.807) is 0 Å². The van der Waals surface area contributed by atoms with Gasteiger partial charge in [-0.05, 0) is 12.1 Å². The van der Waals surface area contributed by atoms with Crippen LogP contribution in [0.2, 0.25) is 5.02 Å². The Balaban J connectivity index is 3.09. The van der Waals surface area contributed by atoms with Crippen LogP contribution in [0.3, 0.4) is 0 Å². The number of primary amides is 1. The van der Waals surface area contributed by atoms with E-state index in [-0.39, 0.29) is 5.02 Å². The Morgan fingerprint density at radius 1 is 1.43 bits per heavy atom.